The molecule has 4 nitrogen and oxygen atoms in total. The van der Waals surface area contributed by atoms with Crippen LogP contribution in [0.2, 0.25) is 0 Å². The van der Waals surface area contributed by atoms with E-state index < -0.39 is 0 Å². The normalized spacial score (nSPS) is 12.2. The predicted octanol–water partition coefficient (Wildman–Crippen LogP) is 4.00. The van der Waals surface area contributed by atoms with E-state index in [0.717, 1.165) is 11.1 Å². The molecule has 0 radical (unpaired) electrons. The first-order chi connectivity index (χ1) is 12.0. The van der Waals surface area contributed by atoms with Gasteiger partial charge in [0, 0.05) is 6.08 Å². The van der Waals surface area contributed by atoms with Crippen LogP contribution in [0.25, 0.3) is 6.08 Å². The molecule has 0 unspecified atom stereocenters. The van der Waals surface area contributed by atoms with E-state index in [1.54, 1.807) is 30.3 Å². The molecule has 1 atom stereocenters. The second-order valence-corrected chi connectivity index (χ2v) is 6.09. The van der Waals surface area contributed by atoms with Crippen molar-refractivity contribution < 1.29 is 14.3 Å². The minimum Gasteiger partial charge on any atom is -0.465 e. The van der Waals surface area contributed by atoms with Crippen molar-refractivity contribution in [3.63, 3.8) is 0 Å². The zero-order valence-electron chi connectivity index (χ0n) is 14.7. The van der Waals surface area contributed by atoms with Crippen molar-refractivity contribution in [2.45, 2.75) is 19.9 Å². The second kappa shape index (κ2) is 8.83. The maximum absolute atomic E-state index is 12.3. The van der Waals surface area contributed by atoms with Crippen molar-refractivity contribution >= 4 is 18.0 Å². The first-order valence-corrected chi connectivity index (χ1v) is 8.23. The molecule has 0 saturated heterocycles. The zero-order valence-corrected chi connectivity index (χ0v) is 14.7. The average Bonchev–Trinajstić information content (AvgIpc) is 2.64. The van der Waals surface area contributed by atoms with Crippen LogP contribution in [0.1, 0.15) is 41.4 Å². The molecule has 130 valence electrons. The minimum atomic E-state index is -0.379. The third-order valence-electron chi connectivity index (χ3n) is 3.88. The first-order valence-electron chi connectivity index (χ1n) is 8.23. The Labute approximate surface area is 148 Å². The average molecular weight is 337 g/mol. The predicted molar refractivity (Wildman–Crippen MR) is 99.0 cm³/mol. The number of carbonyl (C=O) groups excluding carboxylic acids is 2. The summed E-state index contributed by atoms with van der Waals surface area (Å²) in [5.41, 5.74) is 2.40. The van der Waals surface area contributed by atoms with Gasteiger partial charge in [-0.1, -0.05) is 56.3 Å². The highest BCUT2D eigenvalue weighted by Gasteiger charge is 2.16. The van der Waals surface area contributed by atoms with Crippen LogP contribution in [-0.2, 0) is 9.53 Å². The summed E-state index contributed by atoms with van der Waals surface area (Å²) in [6.07, 6.45) is 3.23. The molecule has 0 heterocycles. The largest absolute Gasteiger partial charge is 0.465 e. The molecule has 0 aliphatic rings. The van der Waals surface area contributed by atoms with Gasteiger partial charge in [-0.3, -0.25) is 4.79 Å². The molecule has 0 spiro atoms. The van der Waals surface area contributed by atoms with Crippen molar-refractivity contribution in [3.8, 4) is 0 Å². The number of methoxy groups -OCH3 is 1. The van der Waals surface area contributed by atoms with Crippen molar-refractivity contribution in [1.82, 2.24) is 5.32 Å². The molecule has 0 aromatic heterocycles. The number of nitrogens with one attached hydrogen (secondary N) is 1. The van der Waals surface area contributed by atoms with Crippen LogP contribution >= 0.6 is 0 Å². The summed E-state index contributed by atoms with van der Waals surface area (Å²) in [6.45, 7) is 4.15. The van der Waals surface area contributed by atoms with Gasteiger partial charge in [0.05, 0.1) is 18.7 Å². The Bertz CT molecular complexity index is 733. The maximum atomic E-state index is 12.3. The number of ether oxygens (including phenoxy) is 1. The quantitative estimate of drug-likeness (QED) is 0.640. The van der Waals surface area contributed by atoms with E-state index in [0.29, 0.717) is 5.56 Å². The van der Waals surface area contributed by atoms with Gasteiger partial charge in [0.2, 0.25) is 5.91 Å². The van der Waals surface area contributed by atoms with E-state index >= 15 is 0 Å². The third kappa shape index (κ3) is 5.31. The molecule has 0 fully saturated rings. The zero-order chi connectivity index (χ0) is 18.2. The summed E-state index contributed by atoms with van der Waals surface area (Å²) in [7, 11) is 1.35. The van der Waals surface area contributed by atoms with Crippen molar-refractivity contribution in [2.24, 2.45) is 5.92 Å². The number of carbonyl (C=O) groups is 2. The lowest BCUT2D eigenvalue weighted by atomic mass is 9.96. The Hall–Kier alpha value is -2.88. The first kappa shape index (κ1) is 18.5. The Balaban J connectivity index is 2.03. The molecule has 2 rings (SSSR count). The lowest BCUT2D eigenvalue weighted by Gasteiger charge is -2.22. The fourth-order valence-electron chi connectivity index (χ4n) is 2.52. The Morgan fingerprint density at radius 3 is 2.20 bits per heavy atom. The number of rotatable bonds is 6. The van der Waals surface area contributed by atoms with Crippen LogP contribution < -0.4 is 5.32 Å². The highest BCUT2D eigenvalue weighted by molar-refractivity contribution is 5.92. The monoisotopic (exact) mass is 337 g/mol. The highest BCUT2D eigenvalue weighted by atomic mass is 16.5. The summed E-state index contributed by atoms with van der Waals surface area (Å²) in [4.78, 5) is 23.7. The van der Waals surface area contributed by atoms with E-state index in [1.807, 2.05) is 30.3 Å². The molecule has 1 N–H and O–H groups in total. The molecule has 2 aromatic rings. The summed E-state index contributed by atoms with van der Waals surface area (Å²) < 4.78 is 4.66. The van der Waals surface area contributed by atoms with Crippen molar-refractivity contribution in [1.29, 1.82) is 0 Å². The maximum Gasteiger partial charge on any atom is 0.337 e. The Kier molecular flexibility index (Phi) is 6.52. The number of hydrogen-bond acceptors (Lipinski definition) is 3. The Morgan fingerprint density at radius 1 is 1.00 bits per heavy atom. The molecule has 0 saturated carbocycles. The summed E-state index contributed by atoms with van der Waals surface area (Å²) >= 11 is 0. The highest BCUT2D eigenvalue weighted by Crippen LogP contribution is 2.21. The van der Waals surface area contributed by atoms with E-state index in [9.17, 15) is 9.59 Å². The second-order valence-electron chi connectivity index (χ2n) is 6.09. The molecule has 2 aromatic carbocycles. The molecule has 1 amide bonds. The van der Waals surface area contributed by atoms with Gasteiger partial charge in [-0.25, -0.2) is 4.79 Å². The van der Waals surface area contributed by atoms with Gasteiger partial charge in [-0.15, -0.1) is 0 Å². The van der Waals surface area contributed by atoms with Crippen molar-refractivity contribution in [2.75, 3.05) is 7.11 Å². The van der Waals surface area contributed by atoms with Gasteiger partial charge in [-0.05, 0) is 35.3 Å². The lowest BCUT2D eigenvalue weighted by Crippen LogP contribution is -2.30. The van der Waals surface area contributed by atoms with Crippen LogP contribution in [0.15, 0.2) is 60.7 Å². The summed E-state index contributed by atoms with van der Waals surface area (Å²) in [5, 5.41) is 3.04. The van der Waals surface area contributed by atoms with Gasteiger partial charge in [0.25, 0.3) is 0 Å². The summed E-state index contributed by atoms with van der Waals surface area (Å²) in [5.74, 6) is -0.255. The molecular formula is C21H23NO3. The van der Waals surface area contributed by atoms with Crippen LogP contribution in [0, 0.1) is 5.92 Å². The fourth-order valence-corrected chi connectivity index (χ4v) is 2.52. The third-order valence-corrected chi connectivity index (χ3v) is 3.88. The van der Waals surface area contributed by atoms with Crippen LogP contribution in [0.5, 0.6) is 0 Å². The number of amides is 1. The molecule has 4 heteroatoms. The minimum absolute atomic E-state index is 0.0416. The number of benzene rings is 2. The van der Waals surface area contributed by atoms with Crippen LogP contribution in [0.3, 0.4) is 0 Å². The van der Waals surface area contributed by atoms with E-state index in [4.69, 9.17) is 0 Å². The van der Waals surface area contributed by atoms with Gasteiger partial charge in [-0.2, -0.15) is 0 Å². The number of hydrogen-bond donors (Lipinski definition) is 1. The molecule has 0 bridgehead atoms. The van der Waals surface area contributed by atoms with E-state index in [-0.39, 0.29) is 23.8 Å². The molecule has 25 heavy (non-hydrogen) atoms. The van der Waals surface area contributed by atoms with Crippen LogP contribution in [0.4, 0.5) is 0 Å². The van der Waals surface area contributed by atoms with Gasteiger partial charge in [0.15, 0.2) is 0 Å². The number of esters is 1. The van der Waals surface area contributed by atoms with Crippen LogP contribution in [-0.4, -0.2) is 19.0 Å². The topological polar surface area (TPSA) is 55.4 Å². The molecule has 0 aliphatic heterocycles. The molecular weight excluding hydrogens is 314 g/mol. The lowest BCUT2D eigenvalue weighted by molar-refractivity contribution is -0.117. The van der Waals surface area contributed by atoms with E-state index in [1.165, 1.54) is 13.2 Å². The van der Waals surface area contributed by atoms with E-state index in [2.05, 4.69) is 23.9 Å². The standard InChI is InChI=1S/C21H23NO3/c1-15(2)20(17-7-5-4-6-8-17)22-19(23)14-11-16-9-12-18(13-10-16)21(24)25-3/h4-15,20H,1-3H3,(H,22,23)/b14-11+/t20-/m0/s1. The molecule has 0 aliphatic carbocycles. The fraction of sp³-hybridized carbons (Fsp3) is 0.238. The Morgan fingerprint density at radius 2 is 1.64 bits per heavy atom. The van der Waals surface area contributed by atoms with Gasteiger partial charge < -0.3 is 10.1 Å². The smallest absolute Gasteiger partial charge is 0.337 e. The van der Waals surface area contributed by atoms with Crippen molar-refractivity contribution in [3.05, 3.63) is 77.4 Å². The van der Waals surface area contributed by atoms with Gasteiger partial charge in [0.1, 0.15) is 0 Å². The SMILES string of the molecule is COC(=O)c1ccc(/C=C/C(=O)N[C@H](c2ccccc2)C(C)C)cc1. The van der Waals surface area contributed by atoms with Gasteiger partial charge >= 0.3 is 5.97 Å². The summed E-state index contributed by atoms with van der Waals surface area (Å²) in [6, 6.07) is 16.8.